The van der Waals surface area contributed by atoms with Crippen molar-refractivity contribution in [2.45, 2.75) is 26.7 Å². The van der Waals surface area contributed by atoms with E-state index in [9.17, 15) is 9.59 Å². The number of hydrogen-bond acceptors (Lipinski definition) is 3. The Morgan fingerprint density at radius 3 is 2.19 bits per heavy atom. The van der Waals surface area contributed by atoms with Crippen molar-refractivity contribution in [2.24, 2.45) is 5.73 Å². The maximum atomic E-state index is 11.2. The Balaban J connectivity index is 0. The van der Waals surface area contributed by atoms with Crippen LogP contribution in [0.1, 0.15) is 26.7 Å². The molecule has 5 nitrogen and oxygen atoms in total. The van der Waals surface area contributed by atoms with Crippen molar-refractivity contribution in [1.29, 1.82) is 0 Å². The molecule has 0 saturated heterocycles. The number of hydrogen-bond donors (Lipinski definition) is 2. The first-order valence-electron chi connectivity index (χ1n) is 5.37. The summed E-state index contributed by atoms with van der Waals surface area (Å²) in [5, 5.41) is 2.75. The number of amides is 2. The second-order valence-electron chi connectivity index (χ2n) is 3.34. The lowest BCUT2D eigenvalue weighted by Crippen LogP contribution is -2.35. The molecule has 0 fully saturated rings. The number of likely N-dealkylation sites (N-methyl/N-ethyl adjacent to an activating group) is 1. The highest BCUT2D eigenvalue weighted by molar-refractivity contribution is 5.85. The van der Waals surface area contributed by atoms with E-state index < -0.39 is 5.91 Å². The second-order valence-corrected chi connectivity index (χ2v) is 3.34. The first-order chi connectivity index (χ1) is 7.10. The molecule has 2 amide bonds. The average molecular weight is 252 g/mol. The number of rotatable bonds is 8. The third kappa shape index (κ3) is 9.73. The fourth-order valence-electron chi connectivity index (χ4n) is 1.22. The standard InChI is InChI=1S/C10H21N3O2.ClH/c1-3-13(4-2)8-7-12-10(15)6-5-9(11)14;/h3-8H2,1-2H3,(H2,11,14)(H,12,15);1H. The van der Waals surface area contributed by atoms with Crippen LogP contribution < -0.4 is 11.1 Å². The highest BCUT2D eigenvalue weighted by Crippen LogP contribution is 1.88. The van der Waals surface area contributed by atoms with Gasteiger partial charge in [0.1, 0.15) is 0 Å². The normalized spacial score (nSPS) is 9.69. The third-order valence-electron chi connectivity index (χ3n) is 2.24. The van der Waals surface area contributed by atoms with Gasteiger partial charge in [-0.2, -0.15) is 0 Å². The summed E-state index contributed by atoms with van der Waals surface area (Å²) in [5.74, 6) is -0.546. The summed E-state index contributed by atoms with van der Waals surface area (Å²) in [6.45, 7) is 7.59. The Morgan fingerprint density at radius 2 is 1.75 bits per heavy atom. The number of nitrogens with zero attached hydrogens (tertiary/aromatic N) is 1. The Kier molecular flexibility index (Phi) is 11.8. The molecule has 0 heterocycles. The van der Waals surface area contributed by atoms with Gasteiger partial charge in [0.05, 0.1) is 0 Å². The predicted octanol–water partition coefficient (Wildman–Crippen LogP) is 0.132. The molecule has 96 valence electrons. The monoisotopic (exact) mass is 251 g/mol. The van der Waals surface area contributed by atoms with Crippen LogP contribution in [0, 0.1) is 0 Å². The molecule has 0 aliphatic carbocycles. The number of carbonyl (C=O) groups is 2. The van der Waals surface area contributed by atoms with Gasteiger partial charge in [0.15, 0.2) is 0 Å². The first-order valence-corrected chi connectivity index (χ1v) is 5.37. The summed E-state index contributed by atoms with van der Waals surface area (Å²) in [5.41, 5.74) is 4.93. The molecule has 6 heteroatoms. The van der Waals surface area contributed by atoms with Crippen LogP contribution in [0.4, 0.5) is 0 Å². The number of primary amides is 1. The molecule has 0 rings (SSSR count). The fourth-order valence-corrected chi connectivity index (χ4v) is 1.22. The molecule has 0 spiro atoms. The first kappa shape index (κ1) is 17.6. The molecule has 3 N–H and O–H groups in total. The quantitative estimate of drug-likeness (QED) is 0.644. The highest BCUT2D eigenvalue weighted by atomic mass is 35.5. The van der Waals surface area contributed by atoms with Gasteiger partial charge in [0, 0.05) is 25.9 Å². The molecule has 0 unspecified atom stereocenters. The molecule has 0 bridgehead atoms. The van der Waals surface area contributed by atoms with Gasteiger partial charge < -0.3 is 16.0 Å². The minimum absolute atomic E-state index is 0. The van der Waals surface area contributed by atoms with Gasteiger partial charge in [-0.1, -0.05) is 13.8 Å². The van der Waals surface area contributed by atoms with E-state index >= 15 is 0 Å². The van der Waals surface area contributed by atoms with Gasteiger partial charge in [-0.05, 0) is 13.1 Å². The van der Waals surface area contributed by atoms with Crippen molar-refractivity contribution in [3.63, 3.8) is 0 Å². The third-order valence-corrected chi connectivity index (χ3v) is 2.24. The maximum Gasteiger partial charge on any atom is 0.220 e. The molecule has 16 heavy (non-hydrogen) atoms. The van der Waals surface area contributed by atoms with Gasteiger partial charge in [0.25, 0.3) is 0 Å². The van der Waals surface area contributed by atoms with Crippen LogP contribution in [0.15, 0.2) is 0 Å². The molecule has 0 aromatic heterocycles. The second kappa shape index (κ2) is 10.7. The molecule has 0 aromatic rings. The number of halogens is 1. The Labute approximate surface area is 103 Å². The fraction of sp³-hybridized carbons (Fsp3) is 0.800. The summed E-state index contributed by atoms with van der Waals surface area (Å²) in [7, 11) is 0. The van der Waals surface area contributed by atoms with E-state index in [-0.39, 0.29) is 31.2 Å². The van der Waals surface area contributed by atoms with Crippen molar-refractivity contribution < 1.29 is 9.59 Å². The zero-order valence-electron chi connectivity index (χ0n) is 9.99. The van der Waals surface area contributed by atoms with Gasteiger partial charge in [-0.25, -0.2) is 0 Å². The van der Waals surface area contributed by atoms with E-state index in [1.165, 1.54) is 0 Å². The van der Waals surface area contributed by atoms with Gasteiger partial charge in [0.2, 0.25) is 11.8 Å². The van der Waals surface area contributed by atoms with Crippen LogP contribution in [-0.2, 0) is 9.59 Å². The summed E-state index contributed by atoms with van der Waals surface area (Å²) in [4.78, 5) is 23.8. The smallest absolute Gasteiger partial charge is 0.220 e. The molecule has 0 aromatic carbocycles. The van der Waals surface area contributed by atoms with Crippen LogP contribution in [0.3, 0.4) is 0 Å². The van der Waals surface area contributed by atoms with E-state index in [4.69, 9.17) is 5.73 Å². The minimum atomic E-state index is -0.436. The van der Waals surface area contributed by atoms with Crippen LogP contribution in [0.25, 0.3) is 0 Å². The SMILES string of the molecule is CCN(CC)CCNC(=O)CCC(N)=O.Cl. The maximum absolute atomic E-state index is 11.2. The predicted molar refractivity (Wildman–Crippen MR) is 66.5 cm³/mol. The van der Waals surface area contributed by atoms with Crippen molar-refractivity contribution in [3.8, 4) is 0 Å². The van der Waals surface area contributed by atoms with Crippen LogP contribution in [-0.4, -0.2) is 42.9 Å². The minimum Gasteiger partial charge on any atom is -0.370 e. The molecule has 0 aliphatic heterocycles. The van der Waals surface area contributed by atoms with Crippen molar-refractivity contribution in [2.75, 3.05) is 26.2 Å². The van der Waals surface area contributed by atoms with Gasteiger partial charge in [-0.3, -0.25) is 9.59 Å². The summed E-state index contributed by atoms with van der Waals surface area (Å²) < 4.78 is 0. The van der Waals surface area contributed by atoms with Crippen LogP contribution in [0.2, 0.25) is 0 Å². The molecular formula is C10H22ClN3O2. The summed E-state index contributed by atoms with van der Waals surface area (Å²) in [6, 6.07) is 0. The molecule has 0 saturated carbocycles. The topological polar surface area (TPSA) is 75.4 Å². The molecule has 0 aliphatic rings. The Bertz CT molecular complexity index is 208. The van der Waals surface area contributed by atoms with Crippen molar-refractivity contribution in [1.82, 2.24) is 10.2 Å². The van der Waals surface area contributed by atoms with E-state index in [1.807, 2.05) is 0 Å². The van der Waals surface area contributed by atoms with Crippen LogP contribution in [0.5, 0.6) is 0 Å². The lowest BCUT2D eigenvalue weighted by molar-refractivity contribution is -0.125. The number of nitrogens with two attached hydrogens (primary N) is 1. The van der Waals surface area contributed by atoms with Gasteiger partial charge in [-0.15, -0.1) is 12.4 Å². The number of carbonyl (C=O) groups excluding carboxylic acids is 2. The Morgan fingerprint density at radius 1 is 1.19 bits per heavy atom. The van der Waals surface area contributed by atoms with E-state index in [2.05, 4.69) is 24.1 Å². The zero-order chi connectivity index (χ0) is 11.7. The number of nitrogens with one attached hydrogen (secondary N) is 1. The van der Waals surface area contributed by atoms with E-state index in [0.717, 1.165) is 19.6 Å². The largest absolute Gasteiger partial charge is 0.370 e. The lowest BCUT2D eigenvalue weighted by atomic mass is 10.3. The zero-order valence-corrected chi connectivity index (χ0v) is 10.8. The molecule has 0 atom stereocenters. The van der Waals surface area contributed by atoms with Gasteiger partial charge >= 0.3 is 0 Å². The van der Waals surface area contributed by atoms with Crippen molar-refractivity contribution >= 4 is 24.2 Å². The average Bonchev–Trinajstić information content (AvgIpc) is 2.21. The summed E-state index contributed by atoms with van der Waals surface area (Å²) in [6.07, 6.45) is 0.310. The van der Waals surface area contributed by atoms with E-state index in [1.54, 1.807) is 0 Å². The molecule has 0 radical (unpaired) electrons. The van der Waals surface area contributed by atoms with Crippen LogP contribution >= 0.6 is 12.4 Å². The Hall–Kier alpha value is -0.810. The van der Waals surface area contributed by atoms with Crippen molar-refractivity contribution in [3.05, 3.63) is 0 Å². The lowest BCUT2D eigenvalue weighted by Gasteiger charge is -2.17. The van der Waals surface area contributed by atoms with E-state index in [0.29, 0.717) is 6.54 Å². The highest BCUT2D eigenvalue weighted by Gasteiger charge is 2.04. The summed E-state index contributed by atoms with van der Waals surface area (Å²) >= 11 is 0. The molecular weight excluding hydrogens is 230 g/mol.